The third-order valence-corrected chi connectivity index (χ3v) is 3.00. The Kier molecular flexibility index (Phi) is 3.38. The summed E-state index contributed by atoms with van der Waals surface area (Å²) in [7, 11) is 0. The maximum absolute atomic E-state index is 11.4. The van der Waals surface area contributed by atoms with Gasteiger partial charge in [0.25, 0.3) is 0 Å². The van der Waals surface area contributed by atoms with E-state index in [1.165, 1.54) is 6.26 Å². The molecule has 2 aromatic rings. The Bertz CT molecular complexity index is 559. The van der Waals surface area contributed by atoms with Crippen LogP contribution in [0.25, 0.3) is 11.0 Å². The van der Waals surface area contributed by atoms with Crippen LogP contribution in [-0.2, 0) is 16.0 Å². The van der Waals surface area contributed by atoms with Crippen LogP contribution >= 0.6 is 15.9 Å². The van der Waals surface area contributed by atoms with E-state index < -0.39 is 0 Å². The first-order chi connectivity index (χ1) is 8.11. The van der Waals surface area contributed by atoms with Crippen LogP contribution in [0, 0.1) is 0 Å². The molecule has 0 atom stereocenters. The van der Waals surface area contributed by atoms with Gasteiger partial charge in [-0.1, -0.05) is 0 Å². The summed E-state index contributed by atoms with van der Waals surface area (Å²) in [6, 6.07) is 3.23. The molecule has 90 valence electrons. The third-order valence-electron chi connectivity index (χ3n) is 2.36. The number of phenolic OH excluding ortho intramolecular Hbond substituents is 1. The van der Waals surface area contributed by atoms with Gasteiger partial charge in [-0.25, -0.2) is 0 Å². The van der Waals surface area contributed by atoms with Gasteiger partial charge < -0.3 is 14.3 Å². The van der Waals surface area contributed by atoms with Gasteiger partial charge in [0.05, 0.1) is 23.8 Å². The summed E-state index contributed by atoms with van der Waals surface area (Å²) < 4.78 is 10.7. The van der Waals surface area contributed by atoms with Crippen LogP contribution in [0.5, 0.6) is 5.75 Å². The zero-order valence-corrected chi connectivity index (χ0v) is 10.8. The van der Waals surface area contributed by atoms with E-state index in [4.69, 9.17) is 9.15 Å². The number of hydrogen-bond acceptors (Lipinski definition) is 4. The predicted octanol–water partition coefficient (Wildman–Crippen LogP) is 3.01. The highest BCUT2D eigenvalue weighted by Crippen LogP contribution is 2.32. The monoisotopic (exact) mass is 298 g/mol. The SMILES string of the molecule is CCOC(=O)Cc1coc2cc(Br)c(O)cc12. The minimum absolute atomic E-state index is 0.115. The van der Waals surface area contributed by atoms with Crippen LogP contribution in [0.15, 0.2) is 27.3 Å². The van der Waals surface area contributed by atoms with Crippen LogP contribution in [-0.4, -0.2) is 17.7 Å². The quantitative estimate of drug-likeness (QED) is 0.885. The molecule has 0 spiro atoms. The van der Waals surface area contributed by atoms with Crippen molar-refractivity contribution in [3.05, 3.63) is 28.4 Å². The van der Waals surface area contributed by atoms with Gasteiger partial charge >= 0.3 is 5.97 Å². The van der Waals surface area contributed by atoms with Gasteiger partial charge in [-0.15, -0.1) is 0 Å². The number of esters is 1. The minimum atomic E-state index is -0.308. The van der Waals surface area contributed by atoms with Crippen LogP contribution in [0.2, 0.25) is 0 Å². The highest BCUT2D eigenvalue weighted by Gasteiger charge is 2.13. The molecule has 0 fully saturated rings. The summed E-state index contributed by atoms with van der Waals surface area (Å²) in [5, 5.41) is 10.3. The molecule has 4 nitrogen and oxygen atoms in total. The van der Waals surface area contributed by atoms with Crippen molar-refractivity contribution in [1.29, 1.82) is 0 Å². The number of carbonyl (C=O) groups excluding carboxylic acids is 1. The molecule has 0 bridgehead atoms. The zero-order chi connectivity index (χ0) is 12.4. The number of hydrogen-bond donors (Lipinski definition) is 1. The van der Waals surface area contributed by atoms with Gasteiger partial charge in [-0.2, -0.15) is 0 Å². The Balaban J connectivity index is 2.36. The third kappa shape index (κ3) is 2.44. The van der Waals surface area contributed by atoms with Crippen LogP contribution in [0.1, 0.15) is 12.5 Å². The van der Waals surface area contributed by atoms with Gasteiger partial charge in [0.15, 0.2) is 0 Å². The van der Waals surface area contributed by atoms with Gasteiger partial charge in [0, 0.05) is 10.9 Å². The number of carbonyl (C=O) groups is 1. The number of benzene rings is 1. The fourth-order valence-corrected chi connectivity index (χ4v) is 1.92. The van der Waals surface area contributed by atoms with Gasteiger partial charge in [-0.05, 0) is 35.0 Å². The molecule has 1 N–H and O–H groups in total. The maximum Gasteiger partial charge on any atom is 0.310 e. The molecule has 1 aromatic carbocycles. The van der Waals surface area contributed by atoms with Crippen molar-refractivity contribution in [3.8, 4) is 5.75 Å². The van der Waals surface area contributed by atoms with Crippen LogP contribution in [0.4, 0.5) is 0 Å². The smallest absolute Gasteiger partial charge is 0.310 e. The van der Waals surface area contributed by atoms with E-state index in [1.807, 2.05) is 0 Å². The van der Waals surface area contributed by atoms with Gasteiger partial charge in [0.1, 0.15) is 11.3 Å². The molecule has 0 aliphatic rings. The van der Waals surface area contributed by atoms with E-state index >= 15 is 0 Å². The summed E-state index contributed by atoms with van der Waals surface area (Å²) in [4.78, 5) is 11.4. The minimum Gasteiger partial charge on any atom is -0.507 e. The lowest BCUT2D eigenvalue weighted by Crippen LogP contribution is -2.06. The number of rotatable bonds is 3. The summed E-state index contributed by atoms with van der Waals surface area (Å²) in [6.45, 7) is 2.11. The average Bonchev–Trinajstić information content (AvgIpc) is 2.63. The van der Waals surface area contributed by atoms with Crippen molar-refractivity contribution in [2.24, 2.45) is 0 Å². The van der Waals surface area contributed by atoms with E-state index in [1.54, 1.807) is 19.1 Å². The Morgan fingerprint density at radius 2 is 2.29 bits per heavy atom. The van der Waals surface area contributed by atoms with Crippen LogP contribution < -0.4 is 0 Å². The second kappa shape index (κ2) is 4.79. The molecule has 0 saturated heterocycles. The van der Waals surface area contributed by atoms with Crippen molar-refractivity contribution in [2.45, 2.75) is 13.3 Å². The topological polar surface area (TPSA) is 59.7 Å². The van der Waals surface area contributed by atoms with Crippen LogP contribution in [0.3, 0.4) is 0 Å². The predicted molar refractivity (Wildman–Crippen MR) is 65.9 cm³/mol. The van der Waals surface area contributed by atoms with Crippen molar-refractivity contribution in [1.82, 2.24) is 0 Å². The Hall–Kier alpha value is -1.49. The first-order valence-electron chi connectivity index (χ1n) is 5.16. The molecule has 0 aliphatic carbocycles. The first kappa shape index (κ1) is 12.0. The second-order valence-corrected chi connectivity index (χ2v) is 4.40. The zero-order valence-electron chi connectivity index (χ0n) is 9.20. The molecular weight excluding hydrogens is 288 g/mol. The van der Waals surface area contributed by atoms with Crippen molar-refractivity contribution in [2.75, 3.05) is 6.61 Å². The fraction of sp³-hybridized carbons (Fsp3) is 0.250. The Labute approximate surface area is 106 Å². The molecule has 0 unspecified atom stereocenters. The number of halogens is 1. The lowest BCUT2D eigenvalue weighted by atomic mass is 10.1. The molecule has 1 aromatic heterocycles. The number of fused-ring (bicyclic) bond motifs is 1. The highest BCUT2D eigenvalue weighted by atomic mass is 79.9. The molecule has 0 aliphatic heterocycles. The summed E-state index contributed by atoms with van der Waals surface area (Å²) in [5.41, 5.74) is 1.33. The summed E-state index contributed by atoms with van der Waals surface area (Å²) >= 11 is 3.20. The molecule has 1 heterocycles. The number of phenols is 1. The lowest BCUT2D eigenvalue weighted by molar-refractivity contribution is -0.142. The molecule has 5 heteroatoms. The van der Waals surface area contributed by atoms with E-state index in [9.17, 15) is 9.90 Å². The Morgan fingerprint density at radius 3 is 3.00 bits per heavy atom. The van der Waals surface area contributed by atoms with Crippen molar-refractivity contribution in [3.63, 3.8) is 0 Å². The molecule has 0 amide bonds. The maximum atomic E-state index is 11.4. The van der Waals surface area contributed by atoms with E-state index in [0.717, 1.165) is 5.39 Å². The molecule has 2 rings (SSSR count). The number of furan rings is 1. The molecular formula is C12H11BrO4. The Morgan fingerprint density at radius 1 is 1.53 bits per heavy atom. The summed E-state index contributed by atoms with van der Waals surface area (Å²) in [5.74, 6) is -0.193. The number of ether oxygens (including phenoxy) is 1. The molecule has 17 heavy (non-hydrogen) atoms. The average molecular weight is 299 g/mol. The lowest BCUT2D eigenvalue weighted by Gasteiger charge is -2.00. The largest absolute Gasteiger partial charge is 0.507 e. The highest BCUT2D eigenvalue weighted by molar-refractivity contribution is 9.10. The van der Waals surface area contributed by atoms with Crippen molar-refractivity contribution < 1.29 is 19.1 Å². The standard InChI is InChI=1S/C12H11BrO4/c1-2-16-12(15)3-7-6-17-11-5-9(13)10(14)4-8(7)11/h4-6,14H,2-3H2,1H3. The summed E-state index contributed by atoms with van der Waals surface area (Å²) in [6.07, 6.45) is 1.65. The van der Waals surface area contributed by atoms with E-state index in [0.29, 0.717) is 22.2 Å². The second-order valence-electron chi connectivity index (χ2n) is 3.54. The van der Waals surface area contributed by atoms with Crippen molar-refractivity contribution >= 4 is 32.9 Å². The molecule has 0 saturated carbocycles. The van der Waals surface area contributed by atoms with E-state index in [-0.39, 0.29) is 18.1 Å². The van der Waals surface area contributed by atoms with Gasteiger partial charge in [0.2, 0.25) is 0 Å². The van der Waals surface area contributed by atoms with E-state index in [2.05, 4.69) is 15.9 Å². The first-order valence-corrected chi connectivity index (χ1v) is 5.95. The number of aromatic hydroxyl groups is 1. The van der Waals surface area contributed by atoms with Gasteiger partial charge in [-0.3, -0.25) is 4.79 Å². The molecule has 0 radical (unpaired) electrons. The fourth-order valence-electron chi connectivity index (χ4n) is 1.59. The normalized spacial score (nSPS) is 10.7.